The number of halogens is 1. The predicted octanol–water partition coefficient (Wildman–Crippen LogP) is 4.64. The van der Waals surface area contributed by atoms with E-state index in [4.69, 9.17) is 11.6 Å². The fourth-order valence-electron chi connectivity index (χ4n) is 1.74. The summed E-state index contributed by atoms with van der Waals surface area (Å²) in [6.45, 7) is 12.5. The molecule has 0 spiro atoms. The highest BCUT2D eigenvalue weighted by Gasteiger charge is 2.24. The molecule has 0 saturated carbocycles. The molecule has 0 unspecified atom stereocenters. The maximum Gasteiger partial charge on any atom is 0.119 e. The average Bonchev–Trinajstić information content (AvgIpc) is 2.04. The SMILES string of the molecule is CC(C)(C)c1cc(Cl)c(C(C)(C)C)cc1O. The molecule has 0 aliphatic carbocycles. The van der Waals surface area contributed by atoms with Gasteiger partial charge in [-0.3, -0.25) is 0 Å². The molecule has 1 aromatic carbocycles. The minimum atomic E-state index is -0.0931. The molecule has 16 heavy (non-hydrogen) atoms. The van der Waals surface area contributed by atoms with E-state index in [9.17, 15) is 5.11 Å². The molecule has 0 aliphatic heterocycles. The maximum atomic E-state index is 10.1. The lowest BCUT2D eigenvalue weighted by Crippen LogP contribution is -2.15. The first-order valence-corrected chi connectivity index (χ1v) is 5.95. The van der Waals surface area contributed by atoms with Crippen LogP contribution in [0.15, 0.2) is 12.1 Å². The van der Waals surface area contributed by atoms with Crippen LogP contribution in [0.4, 0.5) is 0 Å². The van der Waals surface area contributed by atoms with Crippen LogP contribution < -0.4 is 0 Å². The summed E-state index contributed by atoms with van der Waals surface area (Å²) in [6.07, 6.45) is 0. The molecule has 0 fully saturated rings. The lowest BCUT2D eigenvalue weighted by Gasteiger charge is -2.26. The molecule has 1 N–H and O–H groups in total. The molecule has 1 aromatic rings. The number of hydrogen-bond acceptors (Lipinski definition) is 1. The van der Waals surface area contributed by atoms with E-state index in [0.29, 0.717) is 5.75 Å². The zero-order valence-corrected chi connectivity index (χ0v) is 11.7. The van der Waals surface area contributed by atoms with Gasteiger partial charge in [0.25, 0.3) is 0 Å². The van der Waals surface area contributed by atoms with E-state index in [1.54, 1.807) is 6.07 Å². The molecule has 2 heteroatoms. The van der Waals surface area contributed by atoms with Crippen molar-refractivity contribution in [2.45, 2.75) is 52.4 Å². The zero-order valence-electron chi connectivity index (χ0n) is 11.0. The summed E-state index contributed by atoms with van der Waals surface area (Å²) >= 11 is 6.28. The van der Waals surface area contributed by atoms with Gasteiger partial charge in [0, 0.05) is 10.6 Å². The van der Waals surface area contributed by atoms with Gasteiger partial charge in [-0.2, -0.15) is 0 Å². The highest BCUT2D eigenvalue weighted by molar-refractivity contribution is 6.31. The average molecular weight is 241 g/mol. The number of phenols is 1. The number of hydrogen-bond donors (Lipinski definition) is 1. The van der Waals surface area contributed by atoms with Crippen LogP contribution in [0.2, 0.25) is 5.02 Å². The van der Waals surface area contributed by atoms with E-state index in [0.717, 1.165) is 16.1 Å². The Balaban J connectivity index is 3.40. The predicted molar refractivity (Wildman–Crippen MR) is 70.5 cm³/mol. The van der Waals surface area contributed by atoms with Gasteiger partial charge in [0.2, 0.25) is 0 Å². The third kappa shape index (κ3) is 2.70. The van der Waals surface area contributed by atoms with Crippen molar-refractivity contribution in [3.63, 3.8) is 0 Å². The summed E-state index contributed by atoms with van der Waals surface area (Å²) in [5, 5.41) is 10.8. The first-order chi connectivity index (χ1) is 7.03. The van der Waals surface area contributed by atoms with Gasteiger partial charge < -0.3 is 5.11 Å². The highest BCUT2D eigenvalue weighted by atomic mass is 35.5. The second-order valence-corrected chi connectivity index (χ2v) is 6.76. The van der Waals surface area contributed by atoms with Crippen LogP contribution in [0, 0.1) is 0 Å². The molecule has 0 heterocycles. The maximum absolute atomic E-state index is 10.1. The van der Waals surface area contributed by atoms with Crippen LogP contribution in [-0.2, 0) is 10.8 Å². The molecule has 0 aromatic heterocycles. The minimum Gasteiger partial charge on any atom is -0.508 e. The van der Waals surface area contributed by atoms with E-state index in [-0.39, 0.29) is 10.8 Å². The van der Waals surface area contributed by atoms with Crippen molar-refractivity contribution in [2.75, 3.05) is 0 Å². The van der Waals surface area contributed by atoms with Gasteiger partial charge in [-0.1, -0.05) is 53.1 Å². The topological polar surface area (TPSA) is 20.2 Å². The first kappa shape index (κ1) is 13.4. The quantitative estimate of drug-likeness (QED) is 0.701. The van der Waals surface area contributed by atoms with Crippen molar-refractivity contribution in [1.82, 2.24) is 0 Å². The van der Waals surface area contributed by atoms with Crippen LogP contribution in [0.3, 0.4) is 0 Å². The minimum absolute atomic E-state index is 0.0506. The second-order valence-electron chi connectivity index (χ2n) is 6.35. The van der Waals surface area contributed by atoms with Crippen molar-refractivity contribution in [1.29, 1.82) is 0 Å². The summed E-state index contributed by atoms with van der Waals surface area (Å²) < 4.78 is 0. The Morgan fingerprint density at radius 2 is 1.31 bits per heavy atom. The van der Waals surface area contributed by atoms with Crippen LogP contribution in [0.25, 0.3) is 0 Å². The van der Waals surface area contributed by atoms with Gasteiger partial charge in [0.05, 0.1) is 0 Å². The smallest absolute Gasteiger partial charge is 0.119 e. The normalized spacial score (nSPS) is 12.9. The molecule has 90 valence electrons. The van der Waals surface area contributed by atoms with E-state index >= 15 is 0 Å². The third-order valence-corrected chi connectivity index (χ3v) is 3.01. The van der Waals surface area contributed by atoms with Crippen LogP contribution in [-0.4, -0.2) is 5.11 Å². The van der Waals surface area contributed by atoms with Crippen molar-refractivity contribution < 1.29 is 5.11 Å². The van der Waals surface area contributed by atoms with E-state index in [2.05, 4.69) is 41.5 Å². The van der Waals surface area contributed by atoms with E-state index in [1.807, 2.05) is 6.07 Å². The Kier molecular flexibility index (Phi) is 3.31. The summed E-state index contributed by atoms with van der Waals surface area (Å²) in [7, 11) is 0. The van der Waals surface area contributed by atoms with Crippen LogP contribution >= 0.6 is 11.6 Å². The van der Waals surface area contributed by atoms with Crippen LogP contribution in [0.1, 0.15) is 52.7 Å². The summed E-state index contributed by atoms with van der Waals surface area (Å²) in [6, 6.07) is 3.68. The zero-order chi connectivity index (χ0) is 12.7. The van der Waals surface area contributed by atoms with Gasteiger partial charge in [-0.15, -0.1) is 0 Å². The van der Waals surface area contributed by atoms with E-state index < -0.39 is 0 Å². The molecule has 0 atom stereocenters. The summed E-state index contributed by atoms with van der Waals surface area (Å²) in [5.74, 6) is 0.335. The third-order valence-electron chi connectivity index (χ3n) is 2.70. The lowest BCUT2D eigenvalue weighted by molar-refractivity contribution is 0.443. The Morgan fingerprint density at radius 1 is 0.875 bits per heavy atom. The van der Waals surface area contributed by atoms with Crippen LogP contribution in [0.5, 0.6) is 5.75 Å². The first-order valence-electron chi connectivity index (χ1n) is 5.57. The monoisotopic (exact) mass is 240 g/mol. The standard InChI is InChI=1S/C14H21ClO/c1-13(2,3)9-8-12(16)10(7-11(9)15)14(4,5)6/h7-8,16H,1-6H3. The van der Waals surface area contributed by atoms with Gasteiger partial charge in [0.15, 0.2) is 0 Å². The Hall–Kier alpha value is -0.690. The van der Waals surface area contributed by atoms with Crippen molar-refractivity contribution in [2.24, 2.45) is 0 Å². The van der Waals surface area contributed by atoms with E-state index in [1.165, 1.54) is 0 Å². The molecule has 0 amide bonds. The summed E-state index contributed by atoms with van der Waals surface area (Å²) in [4.78, 5) is 0. The number of aromatic hydroxyl groups is 1. The fraction of sp³-hybridized carbons (Fsp3) is 0.571. The van der Waals surface area contributed by atoms with Gasteiger partial charge in [0.1, 0.15) is 5.75 Å². The van der Waals surface area contributed by atoms with Gasteiger partial charge in [-0.25, -0.2) is 0 Å². The largest absolute Gasteiger partial charge is 0.508 e. The molecular weight excluding hydrogens is 220 g/mol. The molecule has 0 radical (unpaired) electrons. The Morgan fingerprint density at radius 3 is 1.69 bits per heavy atom. The molecule has 0 aliphatic rings. The van der Waals surface area contributed by atoms with Crippen molar-refractivity contribution in [3.05, 3.63) is 28.3 Å². The molecule has 1 nitrogen and oxygen atoms in total. The number of benzene rings is 1. The number of phenolic OH excluding ortho intramolecular Hbond substituents is 1. The number of rotatable bonds is 0. The second kappa shape index (κ2) is 3.96. The fourth-order valence-corrected chi connectivity index (χ4v) is 2.18. The summed E-state index contributed by atoms with van der Waals surface area (Å²) in [5.41, 5.74) is 1.74. The van der Waals surface area contributed by atoms with Gasteiger partial charge >= 0.3 is 0 Å². The molecular formula is C14H21ClO. The van der Waals surface area contributed by atoms with Gasteiger partial charge in [-0.05, 0) is 28.5 Å². The Labute approximate surface area is 103 Å². The highest BCUT2D eigenvalue weighted by Crippen LogP contribution is 2.38. The molecule has 1 rings (SSSR count). The van der Waals surface area contributed by atoms with Crippen molar-refractivity contribution in [3.8, 4) is 5.75 Å². The van der Waals surface area contributed by atoms with Crippen molar-refractivity contribution >= 4 is 11.6 Å². The molecule has 0 saturated heterocycles. The lowest BCUT2D eigenvalue weighted by atomic mass is 9.81. The molecule has 0 bridgehead atoms. The Bertz CT molecular complexity index is 355.